The van der Waals surface area contributed by atoms with E-state index >= 15 is 0 Å². The van der Waals surface area contributed by atoms with Crippen LogP contribution in [-0.4, -0.2) is 13.1 Å². The fourth-order valence-electron chi connectivity index (χ4n) is 2.10. The molecule has 0 saturated heterocycles. The zero-order valence-corrected chi connectivity index (χ0v) is 12.0. The molecule has 1 atom stereocenters. The first kappa shape index (κ1) is 13.5. The van der Waals surface area contributed by atoms with Crippen LogP contribution in [0, 0.1) is 0 Å². The van der Waals surface area contributed by atoms with E-state index in [1.165, 1.54) is 5.19 Å². The van der Waals surface area contributed by atoms with E-state index in [1.54, 1.807) is 0 Å². The van der Waals surface area contributed by atoms with E-state index in [1.807, 2.05) is 18.2 Å². The third-order valence-electron chi connectivity index (χ3n) is 3.38. The van der Waals surface area contributed by atoms with Crippen molar-refractivity contribution in [3.05, 3.63) is 30.3 Å². The van der Waals surface area contributed by atoms with Gasteiger partial charge in [-0.25, -0.2) is 0 Å². The predicted molar refractivity (Wildman–Crippen MR) is 73.5 cm³/mol. The van der Waals surface area contributed by atoms with E-state index in [9.17, 15) is 4.80 Å². The molecule has 16 heavy (non-hydrogen) atoms. The maximum Gasteiger partial charge on any atom is 0.225 e. The van der Waals surface area contributed by atoms with Crippen molar-refractivity contribution in [3.8, 4) is 0 Å². The fourth-order valence-corrected chi connectivity index (χ4v) is 5.61. The molecule has 0 radical (unpaired) electrons. The molecule has 0 aromatic heterocycles. The van der Waals surface area contributed by atoms with Crippen molar-refractivity contribution in [1.29, 1.82) is 0 Å². The Morgan fingerprint density at radius 2 is 1.69 bits per heavy atom. The maximum absolute atomic E-state index is 11.1. The van der Waals surface area contributed by atoms with E-state index < -0.39 is 8.32 Å². The molecule has 0 heterocycles. The van der Waals surface area contributed by atoms with E-state index in [-0.39, 0.29) is 5.04 Å². The summed E-state index contributed by atoms with van der Waals surface area (Å²) in [5.74, 6) is 0. The number of benzene rings is 1. The summed E-state index contributed by atoms with van der Waals surface area (Å²) in [6, 6.07) is 11.2. The molecular weight excluding hydrogens is 212 g/mol. The molecule has 1 aromatic rings. The Morgan fingerprint density at radius 1 is 1.12 bits per heavy atom. The van der Waals surface area contributed by atoms with Gasteiger partial charge in [0.05, 0.1) is 0 Å². The molecule has 2 heteroatoms. The Morgan fingerprint density at radius 3 is 2.12 bits per heavy atom. The number of rotatable bonds is 4. The van der Waals surface area contributed by atoms with Crippen molar-refractivity contribution < 1.29 is 4.80 Å². The van der Waals surface area contributed by atoms with E-state index in [4.69, 9.17) is 0 Å². The van der Waals surface area contributed by atoms with Crippen molar-refractivity contribution >= 4 is 13.5 Å². The second-order valence-corrected chi connectivity index (χ2v) is 9.88. The highest BCUT2D eigenvalue weighted by Gasteiger charge is 2.44. The predicted octanol–water partition coefficient (Wildman–Crippen LogP) is 3.43. The third kappa shape index (κ3) is 2.74. The van der Waals surface area contributed by atoms with Crippen LogP contribution >= 0.6 is 0 Å². The minimum Gasteiger partial charge on any atom is -0.427 e. The molecule has 0 aliphatic carbocycles. The van der Waals surface area contributed by atoms with Crippen LogP contribution in [0.15, 0.2) is 30.3 Å². The molecule has 0 bridgehead atoms. The molecule has 0 spiro atoms. The van der Waals surface area contributed by atoms with Gasteiger partial charge < -0.3 is 4.80 Å². The molecular formula is C14H24OSi. The lowest BCUT2D eigenvalue weighted by Crippen LogP contribution is -2.55. The van der Waals surface area contributed by atoms with Gasteiger partial charge in [-0.15, -0.1) is 0 Å². The highest BCUT2D eigenvalue weighted by Crippen LogP contribution is 2.37. The molecule has 0 amide bonds. The van der Waals surface area contributed by atoms with E-state index in [0.29, 0.717) is 0 Å². The third-order valence-corrected chi connectivity index (χ3v) is 8.23. The first-order valence-electron chi connectivity index (χ1n) is 6.19. The second-order valence-electron chi connectivity index (χ2n) is 5.58. The summed E-state index contributed by atoms with van der Waals surface area (Å²) in [5.41, 5.74) is 0. The topological polar surface area (TPSA) is 20.2 Å². The molecule has 1 aromatic carbocycles. The van der Waals surface area contributed by atoms with Crippen LogP contribution in [0.5, 0.6) is 0 Å². The van der Waals surface area contributed by atoms with Crippen LogP contribution < -0.4 is 5.19 Å². The summed E-state index contributed by atoms with van der Waals surface area (Å²) in [7, 11) is -2.35. The molecule has 0 fully saturated rings. The Labute approximate surface area is 101 Å². The summed E-state index contributed by atoms with van der Waals surface area (Å²) in [4.78, 5) is 11.1. The van der Waals surface area contributed by atoms with Gasteiger partial charge in [0.15, 0.2) is 0 Å². The van der Waals surface area contributed by atoms with Crippen LogP contribution in [0.1, 0.15) is 40.5 Å². The summed E-state index contributed by atoms with van der Waals surface area (Å²) < 4.78 is 0. The highest BCUT2D eigenvalue weighted by atomic mass is 28.4. The number of unbranched alkanes of at least 4 members (excludes halogenated alkanes) is 1. The molecule has 0 aliphatic heterocycles. The summed E-state index contributed by atoms with van der Waals surface area (Å²) >= 11 is 0. The van der Waals surface area contributed by atoms with E-state index in [2.05, 4.69) is 39.8 Å². The van der Waals surface area contributed by atoms with Gasteiger partial charge in [0.2, 0.25) is 8.32 Å². The Bertz CT molecular complexity index is 315. The highest BCUT2D eigenvalue weighted by molar-refractivity contribution is 6.87. The number of hydrogen-bond donors (Lipinski definition) is 1. The monoisotopic (exact) mass is 236 g/mol. The molecule has 0 aliphatic rings. The minimum absolute atomic E-state index is 0.00350. The Hall–Kier alpha value is -0.603. The van der Waals surface area contributed by atoms with Gasteiger partial charge in [0.25, 0.3) is 0 Å². The normalized spacial score (nSPS) is 15.8. The average molecular weight is 236 g/mol. The van der Waals surface area contributed by atoms with Crippen LogP contribution in [0.4, 0.5) is 0 Å². The van der Waals surface area contributed by atoms with Gasteiger partial charge in [0.1, 0.15) is 0 Å². The van der Waals surface area contributed by atoms with Crippen molar-refractivity contribution in [3.63, 3.8) is 0 Å². The fraction of sp³-hybridized carbons (Fsp3) is 0.571. The van der Waals surface area contributed by atoms with Gasteiger partial charge in [-0.1, -0.05) is 70.9 Å². The number of hydrogen-bond acceptors (Lipinski definition) is 1. The lowest BCUT2D eigenvalue weighted by atomic mass is 10.2. The van der Waals surface area contributed by atoms with Crippen molar-refractivity contribution in [2.75, 3.05) is 0 Å². The van der Waals surface area contributed by atoms with E-state index in [0.717, 1.165) is 18.9 Å². The van der Waals surface area contributed by atoms with Crippen molar-refractivity contribution in [1.82, 2.24) is 0 Å². The average Bonchev–Trinajstić information content (AvgIpc) is 2.25. The summed E-state index contributed by atoms with van der Waals surface area (Å²) in [5, 5.41) is 1.18. The van der Waals surface area contributed by atoms with Crippen LogP contribution in [0.25, 0.3) is 0 Å². The van der Waals surface area contributed by atoms with Crippen molar-refractivity contribution in [2.24, 2.45) is 0 Å². The standard InChI is InChI=1S/C14H24OSi/c1-5-6-12-16(15,14(2,3)4)13-10-8-7-9-11-13/h7-11,15H,5-6,12H2,1-4H3/t16-/m0/s1. The maximum atomic E-state index is 11.1. The van der Waals surface area contributed by atoms with Crippen LogP contribution in [0.3, 0.4) is 0 Å². The largest absolute Gasteiger partial charge is 0.427 e. The second kappa shape index (κ2) is 5.15. The zero-order chi connectivity index (χ0) is 12.2. The minimum atomic E-state index is -2.35. The lowest BCUT2D eigenvalue weighted by Gasteiger charge is -2.38. The first-order valence-corrected chi connectivity index (χ1v) is 8.35. The summed E-state index contributed by atoms with van der Waals surface area (Å²) in [6.07, 6.45) is 2.27. The quantitative estimate of drug-likeness (QED) is 0.794. The van der Waals surface area contributed by atoms with Gasteiger partial charge in [-0.2, -0.15) is 0 Å². The van der Waals surface area contributed by atoms with Gasteiger partial charge >= 0.3 is 0 Å². The lowest BCUT2D eigenvalue weighted by molar-refractivity contribution is 0.480. The van der Waals surface area contributed by atoms with Gasteiger partial charge in [0, 0.05) is 0 Å². The SMILES string of the molecule is CCCC[Si@](O)(c1ccccc1)C(C)(C)C. The van der Waals surface area contributed by atoms with Crippen LogP contribution in [-0.2, 0) is 0 Å². The van der Waals surface area contributed by atoms with Gasteiger partial charge in [-0.3, -0.25) is 0 Å². The molecule has 1 rings (SSSR count). The smallest absolute Gasteiger partial charge is 0.225 e. The Balaban J connectivity index is 3.05. The first-order chi connectivity index (χ1) is 7.42. The van der Waals surface area contributed by atoms with Crippen LogP contribution in [0.2, 0.25) is 11.1 Å². The molecule has 90 valence electrons. The summed E-state index contributed by atoms with van der Waals surface area (Å²) in [6.45, 7) is 8.69. The molecule has 1 N–H and O–H groups in total. The van der Waals surface area contributed by atoms with Crippen molar-refractivity contribution in [2.45, 2.75) is 51.6 Å². The molecule has 0 saturated carbocycles. The molecule has 0 unspecified atom stereocenters. The Kier molecular flexibility index (Phi) is 4.33. The zero-order valence-electron chi connectivity index (χ0n) is 11.0. The molecule has 1 nitrogen and oxygen atoms in total. The van der Waals surface area contributed by atoms with Gasteiger partial charge in [-0.05, 0) is 16.3 Å².